The molecule has 4 heteroatoms. The van der Waals surface area contributed by atoms with E-state index in [-0.39, 0.29) is 12.6 Å². The normalized spacial score (nSPS) is 10.6. The Morgan fingerprint density at radius 3 is 2.57 bits per heavy atom. The van der Waals surface area contributed by atoms with Crippen molar-refractivity contribution < 1.29 is 9.53 Å². The second-order valence-corrected chi connectivity index (χ2v) is 4.77. The Morgan fingerprint density at radius 2 is 1.95 bits per heavy atom. The molecule has 0 atom stereocenters. The van der Waals surface area contributed by atoms with Crippen molar-refractivity contribution in [3.8, 4) is 0 Å². The van der Waals surface area contributed by atoms with Gasteiger partial charge >= 0.3 is 5.97 Å². The molecule has 0 saturated carbocycles. The molecule has 0 aliphatic rings. The molecule has 21 heavy (non-hydrogen) atoms. The van der Waals surface area contributed by atoms with Crippen LogP contribution in [0.4, 0.5) is 5.82 Å². The number of pyridine rings is 1. The van der Waals surface area contributed by atoms with Crippen LogP contribution in [-0.2, 0) is 16.1 Å². The van der Waals surface area contributed by atoms with Gasteiger partial charge in [0.15, 0.2) is 0 Å². The van der Waals surface area contributed by atoms with Crippen molar-refractivity contribution in [2.24, 2.45) is 0 Å². The number of rotatable bonds is 5. The van der Waals surface area contributed by atoms with Gasteiger partial charge in [0.2, 0.25) is 0 Å². The monoisotopic (exact) mass is 282 g/mol. The summed E-state index contributed by atoms with van der Waals surface area (Å²) >= 11 is 0. The number of nitrogens with zero attached hydrogens (tertiary/aromatic N) is 2. The average molecular weight is 282 g/mol. The lowest BCUT2D eigenvalue weighted by Gasteiger charge is -2.10. The fraction of sp³-hybridized carbons (Fsp3) is 0.176. The molecular weight excluding hydrogens is 264 g/mol. The van der Waals surface area contributed by atoms with E-state index in [0.29, 0.717) is 0 Å². The molecule has 108 valence electrons. The summed E-state index contributed by atoms with van der Waals surface area (Å²) < 4.78 is 5.16. The van der Waals surface area contributed by atoms with Crippen LogP contribution in [0.25, 0.3) is 6.08 Å². The maximum absolute atomic E-state index is 11.6. The molecule has 2 rings (SSSR count). The van der Waals surface area contributed by atoms with Crippen LogP contribution >= 0.6 is 0 Å². The topological polar surface area (TPSA) is 42.4 Å². The van der Waals surface area contributed by atoms with Gasteiger partial charge in [-0.2, -0.15) is 0 Å². The van der Waals surface area contributed by atoms with Gasteiger partial charge < -0.3 is 9.64 Å². The fourth-order valence-corrected chi connectivity index (χ4v) is 1.70. The Morgan fingerprint density at radius 1 is 1.19 bits per heavy atom. The highest BCUT2D eigenvalue weighted by Gasteiger charge is 1.99. The largest absolute Gasteiger partial charge is 0.458 e. The van der Waals surface area contributed by atoms with E-state index in [0.717, 1.165) is 16.9 Å². The van der Waals surface area contributed by atoms with Gasteiger partial charge in [0.05, 0.1) is 0 Å². The summed E-state index contributed by atoms with van der Waals surface area (Å²) in [5.74, 6) is 0.509. The summed E-state index contributed by atoms with van der Waals surface area (Å²) in [5.41, 5.74) is 1.83. The number of anilines is 1. The number of aromatic nitrogens is 1. The first-order chi connectivity index (χ1) is 10.1. The molecule has 1 heterocycles. The smallest absolute Gasteiger partial charge is 0.331 e. The van der Waals surface area contributed by atoms with Crippen molar-refractivity contribution in [3.63, 3.8) is 0 Å². The van der Waals surface area contributed by atoms with Crippen LogP contribution < -0.4 is 4.90 Å². The van der Waals surface area contributed by atoms with Gasteiger partial charge in [-0.15, -0.1) is 0 Å². The molecule has 4 nitrogen and oxygen atoms in total. The minimum atomic E-state index is -0.365. The van der Waals surface area contributed by atoms with E-state index < -0.39 is 0 Å². The van der Waals surface area contributed by atoms with E-state index in [2.05, 4.69) is 4.98 Å². The number of esters is 1. The highest BCUT2D eigenvalue weighted by molar-refractivity contribution is 5.87. The van der Waals surface area contributed by atoms with E-state index >= 15 is 0 Å². The van der Waals surface area contributed by atoms with Gasteiger partial charge in [0.1, 0.15) is 12.4 Å². The first-order valence-electron chi connectivity index (χ1n) is 6.67. The standard InChI is InChI=1S/C17H18N2O2/c1-19(2)16-10-8-14(12-18-16)9-11-17(20)21-13-15-6-4-3-5-7-15/h3-12H,13H2,1-2H3/b11-9+. The van der Waals surface area contributed by atoms with Crippen LogP contribution in [0.5, 0.6) is 0 Å². The molecule has 0 unspecified atom stereocenters. The van der Waals surface area contributed by atoms with Crippen molar-refractivity contribution in [1.29, 1.82) is 0 Å². The third-order valence-corrected chi connectivity index (χ3v) is 2.86. The zero-order valence-electron chi connectivity index (χ0n) is 12.2. The Hall–Kier alpha value is -2.62. The molecule has 0 saturated heterocycles. The Balaban J connectivity index is 1.87. The number of ether oxygens (including phenoxy) is 1. The molecule has 0 bridgehead atoms. The number of benzene rings is 1. The average Bonchev–Trinajstić information content (AvgIpc) is 2.52. The molecule has 0 radical (unpaired) electrons. The lowest BCUT2D eigenvalue weighted by molar-refractivity contribution is -0.138. The van der Waals surface area contributed by atoms with E-state index in [1.807, 2.05) is 61.5 Å². The molecule has 2 aromatic rings. The number of carbonyl (C=O) groups excluding carboxylic acids is 1. The Labute approximate surface area is 124 Å². The number of hydrogen-bond acceptors (Lipinski definition) is 4. The summed E-state index contributed by atoms with van der Waals surface area (Å²) in [4.78, 5) is 17.8. The maximum atomic E-state index is 11.6. The minimum absolute atomic E-state index is 0.280. The molecule has 0 aliphatic heterocycles. The lowest BCUT2D eigenvalue weighted by atomic mass is 10.2. The van der Waals surface area contributed by atoms with Crippen LogP contribution in [0, 0.1) is 0 Å². The highest BCUT2D eigenvalue weighted by Crippen LogP contribution is 2.09. The van der Waals surface area contributed by atoms with Crippen molar-refractivity contribution in [1.82, 2.24) is 4.98 Å². The molecule has 0 N–H and O–H groups in total. The van der Waals surface area contributed by atoms with Crippen molar-refractivity contribution in [2.75, 3.05) is 19.0 Å². The van der Waals surface area contributed by atoms with Crippen LogP contribution in [0.1, 0.15) is 11.1 Å². The molecular formula is C17H18N2O2. The maximum Gasteiger partial charge on any atom is 0.331 e. The van der Waals surface area contributed by atoms with Crippen molar-refractivity contribution >= 4 is 17.9 Å². The number of carbonyl (C=O) groups is 1. The van der Waals surface area contributed by atoms with Crippen LogP contribution in [0.2, 0.25) is 0 Å². The minimum Gasteiger partial charge on any atom is -0.458 e. The van der Waals surface area contributed by atoms with Gasteiger partial charge in [0.25, 0.3) is 0 Å². The summed E-state index contributed by atoms with van der Waals surface area (Å²) in [6, 6.07) is 13.4. The predicted octanol–water partition coefficient (Wildman–Crippen LogP) is 2.90. The van der Waals surface area contributed by atoms with Crippen molar-refractivity contribution in [2.45, 2.75) is 6.61 Å². The van der Waals surface area contributed by atoms with Crippen LogP contribution in [0.15, 0.2) is 54.7 Å². The summed E-state index contributed by atoms with van der Waals surface area (Å²) in [6.07, 6.45) is 4.82. The molecule has 0 aliphatic carbocycles. The number of hydrogen-bond donors (Lipinski definition) is 0. The molecule has 0 fully saturated rings. The van der Waals surface area contributed by atoms with Gasteiger partial charge in [-0.1, -0.05) is 30.3 Å². The fourth-order valence-electron chi connectivity index (χ4n) is 1.70. The lowest BCUT2D eigenvalue weighted by Crippen LogP contribution is -2.10. The van der Waals surface area contributed by atoms with Gasteiger partial charge in [-0.3, -0.25) is 0 Å². The molecule has 1 aromatic carbocycles. The molecule has 0 amide bonds. The Bertz CT molecular complexity index is 604. The second kappa shape index (κ2) is 7.24. The Kier molecular flexibility index (Phi) is 5.10. The zero-order valence-corrected chi connectivity index (χ0v) is 12.2. The van der Waals surface area contributed by atoms with Crippen LogP contribution in [-0.4, -0.2) is 25.0 Å². The van der Waals surface area contributed by atoms with E-state index in [1.165, 1.54) is 6.08 Å². The van der Waals surface area contributed by atoms with E-state index in [1.54, 1.807) is 12.3 Å². The van der Waals surface area contributed by atoms with Crippen LogP contribution in [0.3, 0.4) is 0 Å². The third kappa shape index (κ3) is 4.76. The van der Waals surface area contributed by atoms with E-state index in [4.69, 9.17) is 4.74 Å². The molecule has 1 aromatic heterocycles. The van der Waals surface area contributed by atoms with Gasteiger partial charge in [-0.25, -0.2) is 9.78 Å². The third-order valence-electron chi connectivity index (χ3n) is 2.86. The van der Waals surface area contributed by atoms with E-state index in [9.17, 15) is 4.79 Å². The van der Waals surface area contributed by atoms with Gasteiger partial charge in [-0.05, 0) is 29.3 Å². The quantitative estimate of drug-likeness (QED) is 0.624. The zero-order chi connectivity index (χ0) is 15.1. The first-order valence-corrected chi connectivity index (χ1v) is 6.67. The summed E-state index contributed by atoms with van der Waals surface area (Å²) in [6.45, 7) is 0.280. The predicted molar refractivity (Wildman–Crippen MR) is 83.8 cm³/mol. The SMILES string of the molecule is CN(C)c1ccc(/C=C/C(=O)OCc2ccccc2)cn1. The highest BCUT2D eigenvalue weighted by atomic mass is 16.5. The molecule has 0 spiro atoms. The first kappa shape index (κ1) is 14.8. The summed E-state index contributed by atoms with van der Waals surface area (Å²) in [5, 5.41) is 0. The summed E-state index contributed by atoms with van der Waals surface area (Å²) in [7, 11) is 3.86. The van der Waals surface area contributed by atoms with Gasteiger partial charge in [0, 0.05) is 26.4 Å². The second-order valence-electron chi connectivity index (χ2n) is 4.77. The van der Waals surface area contributed by atoms with Crippen molar-refractivity contribution in [3.05, 3.63) is 65.9 Å².